The number of hydrogen-bond donors (Lipinski definition) is 2. The summed E-state index contributed by atoms with van der Waals surface area (Å²) < 4.78 is 10.6. The van der Waals surface area contributed by atoms with E-state index >= 15 is 0 Å². The number of hydrogen-bond acceptors (Lipinski definition) is 4. The van der Waals surface area contributed by atoms with Crippen LogP contribution in [0.1, 0.15) is 13.8 Å². The molecule has 2 fully saturated rings. The zero-order chi connectivity index (χ0) is 10.5. The van der Waals surface area contributed by atoms with Crippen molar-refractivity contribution in [1.82, 2.24) is 5.32 Å². The van der Waals surface area contributed by atoms with Gasteiger partial charge in [-0.3, -0.25) is 4.79 Å². The molecular formula is C8H11NO5. The monoisotopic (exact) mass is 201 g/mol. The van der Waals surface area contributed by atoms with Crippen LogP contribution in [-0.2, 0) is 19.1 Å². The molecule has 0 aromatic heterocycles. The topological polar surface area (TPSA) is 84.9 Å². The van der Waals surface area contributed by atoms with Crippen molar-refractivity contribution in [3.05, 3.63) is 0 Å². The lowest BCUT2D eigenvalue weighted by Gasteiger charge is -2.19. The molecule has 0 unspecified atom stereocenters. The van der Waals surface area contributed by atoms with E-state index in [1.165, 1.54) is 0 Å². The maximum Gasteiger partial charge on any atom is 0.329 e. The van der Waals surface area contributed by atoms with E-state index in [9.17, 15) is 9.59 Å². The highest BCUT2D eigenvalue weighted by Crippen LogP contribution is 2.33. The van der Waals surface area contributed by atoms with Crippen LogP contribution in [0.2, 0.25) is 0 Å². The first-order valence-electron chi connectivity index (χ1n) is 4.29. The molecule has 0 spiro atoms. The van der Waals surface area contributed by atoms with Crippen LogP contribution in [0.5, 0.6) is 0 Å². The Morgan fingerprint density at radius 3 is 2.71 bits per heavy atom. The van der Waals surface area contributed by atoms with Crippen molar-refractivity contribution >= 4 is 11.9 Å². The van der Waals surface area contributed by atoms with Crippen LogP contribution < -0.4 is 5.32 Å². The summed E-state index contributed by atoms with van der Waals surface area (Å²) in [6, 6.07) is -1.01. The number of nitrogens with one attached hydrogen (secondary N) is 1. The second-order valence-corrected chi connectivity index (χ2v) is 3.85. The number of carboxylic acids is 1. The summed E-state index contributed by atoms with van der Waals surface area (Å²) in [4.78, 5) is 22.0. The number of rotatable bonds is 1. The molecule has 2 rings (SSSR count). The number of carboxylic acid groups (broad SMARTS) is 1. The highest BCUT2D eigenvalue weighted by atomic mass is 16.8. The Labute approximate surface area is 80.2 Å². The Hall–Kier alpha value is -1.14. The number of amides is 1. The Morgan fingerprint density at radius 1 is 1.50 bits per heavy atom. The van der Waals surface area contributed by atoms with E-state index in [1.54, 1.807) is 13.8 Å². The van der Waals surface area contributed by atoms with E-state index < -0.39 is 35.9 Å². The largest absolute Gasteiger partial charge is 0.480 e. The van der Waals surface area contributed by atoms with Crippen LogP contribution in [0.3, 0.4) is 0 Å². The molecule has 78 valence electrons. The first-order chi connectivity index (χ1) is 6.41. The highest BCUT2D eigenvalue weighted by molar-refractivity contribution is 5.92. The molecule has 14 heavy (non-hydrogen) atoms. The number of carbonyl (C=O) groups excluding carboxylic acids is 1. The molecule has 0 bridgehead atoms. The van der Waals surface area contributed by atoms with Gasteiger partial charge in [0, 0.05) is 0 Å². The molecule has 0 aromatic rings. The molecule has 0 aliphatic carbocycles. The van der Waals surface area contributed by atoms with Gasteiger partial charge in [0.05, 0.1) is 0 Å². The predicted molar refractivity (Wildman–Crippen MR) is 43.4 cm³/mol. The molecule has 1 amide bonds. The molecule has 0 aromatic carbocycles. The number of aliphatic carboxylic acids is 1. The van der Waals surface area contributed by atoms with Crippen molar-refractivity contribution in [1.29, 1.82) is 0 Å². The maximum absolute atomic E-state index is 11.3. The van der Waals surface area contributed by atoms with Crippen molar-refractivity contribution in [2.75, 3.05) is 0 Å². The molecule has 2 heterocycles. The van der Waals surface area contributed by atoms with Gasteiger partial charge >= 0.3 is 5.97 Å². The van der Waals surface area contributed by atoms with E-state index in [0.29, 0.717) is 0 Å². The Morgan fingerprint density at radius 2 is 2.14 bits per heavy atom. The van der Waals surface area contributed by atoms with Crippen LogP contribution in [0.4, 0.5) is 0 Å². The van der Waals surface area contributed by atoms with Crippen LogP contribution >= 0.6 is 0 Å². The second kappa shape index (κ2) is 2.68. The van der Waals surface area contributed by atoms with Gasteiger partial charge in [0.15, 0.2) is 17.9 Å². The normalized spacial score (nSPS) is 39.3. The Kier molecular flexibility index (Phi) is 1.80. The second-order valence-electron chi connectivity index (χ2n) is 3.85. The van der Waals surface area contributed by atoms with Gasteiger partial charge in [0.2, 0.25) is 0 Å². The lowest BCUT2D eigenvalue weighted by Crippen LogP contribution is -2.42. The maximum atomic E-state index is 11.3. The van der Waals surface area contributed by atoms with Gasteiger partial charge in [-0.1, -0.05) is 0 Å². The average Bonchev–Trinajstić information content (AvgIpc) is 2.47. The molecule has 3 atom stereocenters. The summed E-state index contributed by atoms with van der Waals surface area (Å²) in [6.07, 6.45) is -1.53. The molecule has 6 heteroatoms. The van der Waals surface area contributed by atoms with E-state index in [2.05, 4.69) is 5.32 Å². The first kappa shape index (κ1) is 9.42. The SMILES string of the molecule is CC1(C)O[C@@H]2[C@H](C(=O)O)NC(=O)[C@@H]2O1. The van der Waals surface area contributed by atoms with Gasteiger partial charge in [-0.25, -0.2) is 4.79 Å². The predicted octanol–water partition coefficient (Wildman–Crippen LogP) is -0.910. The number of carbonyl (C=O) groups is 2. The summed E-state index contributed by atoms with van der Waals surface area (Å²) in [5, 5.41) is 11.1. The fourth-order valence-corrected chi connectivity index (χ4v) is 1.76. The van der Waals surface area contributed by atoms with Gasteiger partial charge in [-0.15, -0.1) is 0 Å². The first-order valence-corrected chi connectivity index (χ1v) is 4.29. The molecule has 0 radical (unpaired) electrons. The van der Waals surface area contributed by atoms with Crippen LogP contribution in [-0.4, -0.2) is 41.0 Å². The zero-order valence-electron chi connectivity index (χ0n) is 7.81. The molecule has 6 nitrogen and oxygen atoms in total. The Balaban J connectivity index is 2.23. The fraction of sp³-hybridized carbons (Fsp3) is 0.750. The van der Waals surface area contributed by atoms with Crippen molar-refractivity contribution in [2.45, 2.75) is 37.9 Å². The summed E-state index contributed by atoms with van der Waals surface area (Å²) in [7, 11) is 0. The molecule has 2 saturated heterocycles. The summed E-state index contributed by atoms with van der Waals surface area (Å²) >= 11 is 0. The summed E-state index contributed by atoms with van der Waals surface area (Å²) in [5.74, 6) is -2.42. The van der Waals surface area contributed by atoms with E-state index in [-0.39, 0.29) is 0 Å². The van der Waals surface area contributed by atoms with Gasteiger partial charge in [0.25, 0.3) is 5.91 Å². The van der Waals surface area contributed by atoms with Gasteiger partial charge in [-0.05, 0) is 13.8 Å². The molecule has 2 aliphatic rings. The minimum absolute atomic E-state index is 0.423. The van der Waals surface area contributed by atoms with Gasteiger partial charge < -0.3 is 19.9 Å². The van der Waals surface area contributed by atoms with E-state index in [4.69, 9.17) is 14.6 Å². The van der Waals surface area contributed by atoms with Crippen molar-refractivity contribution < 1.29 is 24.2 Å². The third kappa shape index (κ3) is 1.27. The third-order valence-corrected chi connectivity index (χ3v) is 2.28. The lowest BCUT2D eigenvalue weighted by atomic mass is 10.1. The minimum Gasteiger partial charge on any atom is -0.480 e. The van der Waals surface area contributed by atoms with Gasteiger partial charge in [0.1, 0.15) is 6.10 Å². The average molecular weight is 201 g/mol. The summed E-state index contributed by atoms with van der Waals surface area (Å²) in [5.41, 5.74) is 0. The summed E-state index contributed by atoms with van der Waals surface area (Å²) in [6.45, 7) is 3.30. The smallest absolute Gasteiger partial charge is 0.329 e. The standard InChI is InChI=1S/C8H11NO5/c1-8(2)13-4-3(7(11)12)9-6(10)5(4)14-8/h3-5H,1-2H3,(H,9,10)(H,11,12)/t3-,4-,5-/m1/s1. The van der Waals surface area contributed by atoms with E-state index in [0.717, 1.165) is 0 Å². The van der Waals surface area contributed by atoms with Gasteiger partial charge in [-0.2, -0.15) is 0 Å². The molecule has 2 N–H and O–H groups in total. The quantitative estimate of drug-likeness (QED) is 0.573. The van der Waals surface area contributed by atoms with Crippen LogP contribution in [0, 0.1) is 0 Å². The number of fused-ring (bicyclic) bond motifs is 1. The van der Waals surface area contributed by atoms with Crippen molar-refractivity contribution in [3.63, 3.8) is 0 Å². The van der Waals surface area contributed by atoms with E-state index in [1.807, 2.05) is 0 Å². The lowest BCUT2D eigenvalue weighted by molar-refractivity contribution is -0.167. The zero-order valence-corrected chi connectivity index (χ0v) is 7.81. The molecular weight excluding hydrogens is 190 g/mol. The minimum atomic E-state index is -1.10. The van der Waals surface area contributed by atoms with Crippen LogP contribution in [0.15, 0.2) is 0 Å². The third-order valence-electron chi connectivity index (χ3n) is 2.28. The number of ether oxygens (including phenoxy) is 2. The molecule has 2 aliphatic heterocycles. The van der Waals surface area contributed by atoms with Crippen molar-refractivity contribution in [3.8, 4) is 0 Å². The molecule has 0 saturated carbocycles. The highest BCUT2D eigenvalue weighted by Gasteiger charge is 2.56. The fourth-order valence-electron chi connectivity index (χ4n) is 1.76. The van der Waals surface area contributed by atoms with Crippen LogP contribution in [0.25, 0.3) is 0 Å². The van der Waals surface area contributed by atoms with Crippen molar-refractivity contribution in [2.24, 2.45) is 0 Å². The Bertz CT molecular complexity index is 300.